The van der Waals surface area contributed by atoms with E-state index in [0.29, 0.717) is 15.3 Å². The SMILES string of the molecule is O=C(O)C(=Cc1ccc(-c2cc(F)ccc2F)s1)NC(=O)c1ccccc1. The summed E-state index contributed by atoms with van der Waals surface area (Å²) in [5.41, 5.74) is 0.0835. The van der Waals surface area contributed by atoms with E-state index < -0.39 is 23.5 Å². The van der Waals surface area contributed by atoms with Gasteiger partial charge in [0.05, 0.1) is 0 Å². The van der Waals surface area contributed by atoms with Crippen molar-refractivity contribution in [2.45, 2.75) is 0 Å². The predicted molar refractivity (Wildman–Crippen MR) is 99.2 cm³/mol. The fraction of sp³-hybridized carbons (Fsp3) is 0. The van der Waals surface area contributed by atoms with Gasteiger partial charge in [-0.1, -0.05) is 18.2 Å². The second-order valence-electron chi connectivity index (χ2n) is 5.51. The zero-order valence-corrected chi connectivity index (χ0v) is 14.6. The molecule has 0 aliphatic heterocycles. The van der Waals surface area contributed by atoms with Gasteiger partial charge < -0.3 is 10.4 Å². The van der Waals surface area contributed by atoms with Crippen molar-refractivity contribution in [1.29, 1.82) is 0 Å². The number of carbonyl (C=O) groups is 2. The van der Waals surface area contributed by atoms with Gasteiger partial charge in [-0.3, -0.25) is 4.79 Å². The Balaban J connectivity index is 1.87. The van der Waals surface area contributed by atoms with Gasteiger partial charge in [-0.05, 0) is 48.5 Å². The molecule has 2 N–H and O–H groups in total. The van der Waals surface area contributed by atoms with Crippen LogP contribution in [0.15, 0.2) is 66.4 Å². The molecule has 3 rings (SSSR count). The number of halogens is 2. The summed E-state index contributed by atoms with van der Waals surface area (Å²) >= 11 is 1.08. The Morgan fingerprint density at radius 3 is 2.44 bits per heavy atom. The van der Waals surface area contributed by atoms with Gasteiger partial charge in [0.25, 0.3) is 5.91 Å². The Hall–Kier alpha value is -3.32. The molecule has 0 radical (unpaired) electrons. The van der Waals surface area contributed by atoms with E-state index in [4.69, 9.17) is 0 Å². The number of nitrogens with one attached hydrogen (secondary N) is 1. The molecule has 0 aliphatic rings. The highest BCUT2D eigenvalue weighted by atomic mass is 32.1. The second kappa shape index (κ2) is 7.92. The van der Waals surface area contributed by atoms with E-state index in [-0.39, 0.29) is 11.3 Å². The first-order chi connectivity index (χ1) is 12.9. The van der Waals surface area contributed by atoms with Crippen LogP contribution in [0, 0.1) is 11.6 Å². The van der Waals surface area contributed by atoms with E-state index >= 15 is 0 Å². The van der Waals surface area contributed by atoms with E-state index in [1.165, 1.54) is 6.08 Å². The highest BCUT2D eigenvalue weighted by molar-refractivity contribution is 7.16. The van der Waals surface area contributed by atoms with E-state index in [0.717, 1.165) is 29.5 Å². The van der Waals surface area contributed by atoms with E-state index in [9.17, 15) is 23.5 Å². The van der Waals surface area contributed by atoms with Gasteiger partial charge in [-0.15, -0.1) is 11.3 Å². The van der Waals surface area contributed by atoms with Crippen molar-refractivity contribution >= 4 is 29.3 Å². The summed E-state index contributed by atoms with van der Waals surface area (Å²) in [5.74, 6) is -3.02. The molecule has 0 unspecified atom stereocenters. The number of carboxylic acids is 1. The third-order valence-corrected chi connectivity index (χ3v) is 4.69. The first-order valence-corrected chi connectivity index (χ1v) is 8.62. The zero-order chi connectivity index (χ0) is 19.4. The molecule has 136 valence electrons. The largest absolute Gasteiger partial charge is 0.477 e. The molecule has 0 saturated carbocycles. The van der Waals surface area contributed by atoms with Crippen molar-refractivity contribution < 1.29 is 23.5 Å². The number of hydrogen-bond donors (Lipinski definition) is 2. The van der Waals surface area contributed by atoms with Gasteiger partial charge in [0.1, 0.15) is 17.3 Å². The third kappa shape index (κ3) is 4.45. The zero-order valence-electron chi connectivity index (χ0n) is 13.8. The molecular formula is C20H13F2NO3S. The van der Waals surface area contributed by atoms with Gasteiger partial charge in [0.15, 0.2) is 0 Å². The molecule has 3 aromatic rings. The summed E-state index contributed by atoms with van der Waals surface area (Å²) in [6.45, 7) is 0. The van der Waals surface area contributed by atoms with Crippen molar-refractivity contribution in [2.75, 3.05) is 0 Å². The summed E-state index contributed by atoms with van der Waals surface area (Å²) < 4.78 is 27.2. The molecule has 0 aliphatic carbocycles. The van der Waals surface area contributed by atoms with Crippen LogP contribution in [-0.2, 0) is 4.79 Å². The molecule has 0 atom stereocenters. The highest BCUT2D eigenvalue weighted by Gasteiger charge is 2.15. The van der Waals surface area contributed by atoms with Gasteiger partial charge in [-0.25, -0.2) is 13.6 Å². The average molecular weight is 385 g/mol. The van der Waals surface area contributed by atoms with Crippen LogP contribution in [0.3, 0.4) is 0 Å². The normalized spacial score (nSPS) is 11.3. The molecule has 1 amide bonds. The number of benzene rings is 2. The molecular weight excluding hydrogens is 372 g/mol. The van der Waals surface area contributed by atoms with Gasteiger partial charge in [0, 0.05) is 20.9 Å². The van der Waals surface area contributed by atoms with Crippen molar-refractivity contribution in [1.82, 2.24) is 5.32 Å². The van der Waals surface area contributed by atoms with E-state index in [1.54, 1.807) is 42.5 Å². The summed E-state index contributed by atoms with van der Waals surface area (Å²) in [4.78, 5) is 24.5. The number of rotatable bonds is 5. The second-order valence-corrected chi connectivity index (χ2v) is 6.62. The molecule has 1 heterocycles. The van der Waals surface area contributed by atoms with Crippen molar-refractivity contribution in [2.24, 2.45) is 0 Å². The van der Waals surface area contributed by atoms with Crippen LogP contribution in [0.2, 0.25) is 0 Å². The van der Waals surface area contributed by atoms with Crippen LogP contribution < -0.4 is 5.32 Å². The number of hydrogen-bond acceptors (Lipinski definition) is 3. The van der Waals surface area contributed by atoms with Crippen LogP contribution in [0.4, 0.5) is 8.78 Å². The number of carbonyl (C=O) groups excluding carboxylic acids is 1. The topological polar surface area (TPSA) is 66.4 Å². The molecule has 0 bridgehead atoms. The number of thiophene rings is 1. The molecule has 4 nitrogen and oxygen atoms in total. The maximum atomic E-state index is 13.9. The standard InChI is InChI=1S/C20H13F2NO3S/c21-13-6-8-16(22)15(10-13)18-9-7-14(27-18)11-17(20(25)26)23-19(24)12-4-2-1-3-5-12/h1-11H,(H,23,24)(H,25,26). The third-order valence-electron chi connectivity index (χ3n) is 3.62. The van der Waals surface area contributed by atoms with Gasteiger partial charge >= 0.3 is 5.97 Å². The molecule has 0 fully saturated rings. The van der Waals surface area contributed by atoms with E-state index in [2.05, 4.69) is 5.32 Å². The molecule has 1 aromatic heterocycles. The average Bonchev–Trinajstić information content (AvgIpc) is 3.12. The van der Waals surface area contributed by atoms with Crippen LogP contribution in [0.5, 0.6) is 0 Å². The first-order valence-electron chi connectivity index (χ1n) is 7.80. The van der Waals surface area contributed by atoms with Crippen molar-refractivity contribution in [3.8, 4) is 10.4 Å². The van der Waals surface area contributed by atoms with Crippen molar-refractivity contribution in [3.05, 3.63) is 88.4 Å². The summed E-state index contributed by atoms with van der Waals surface area (Å²) in [6, 6.07) is 14.5. The Bertz CT molecular complexity index is 1030. The smallest absolute Gasteiger partial charge is 0.352 e. The lowest BCUT2D eigenvalue weighted by Crippen LogP contribution is -2.27. The van der Waals surface area contributed by atoms with Crippen molar-refractivity contribution in [3.63, 3.8) is 0 Å². The summed E-state index contributed by atoms with van der Waals surface area (Å²) in [7, 11) is 0. The maximum absolute atomic E-state index is 13.9. The minimum absolute atomic E-state index is 0.0878. The number of carboxylic acid groups (broad SMARTS) is 1. The van der Waals surface area contributed by atoms with E-state index in [1.807, 2.05) is 0 Å². The summed E-state index contributed by atoms with van der Waals surface area (Å²) in [6.07, 6.45) is 1.27. The fourth-order valence-electron chi connectivity index (χ4n) is 2.34. The van der Waals surface area contributed by atoms with Gasteiger partial charge in [-0.2, -0.15) is 0 Å². The number of amides is 1. The Morgan fingerprint density at radius 2 is 1.74 bits per heavy atom. The predicted octanol–water partition coefficient (Wildman–Crippen LogP) is 4.55. The van der Waals surface area contributed by atoms with Crippen LogP contribution >= 0.6 is 11.3 Å². The minimum atomic E-state index is -1.31. The Labute approximate surface area is 157 Å². The van der Waals surface area contributed by atoms with Crippen LogP contribution in [0.1, 0.15) is 15.2 Å². The fourth-order valence-corrected chi connectivity index (χ4v) is 3.31. The van der Waals surface area contributed by atoms with Crippen LogP contribution in [0.25, 0.3) is 16.5 Å². The molecule has 7 heteroatoms. The quantitative estimate of drug-likeness (QED) is 0.634. The Kier molecular flexibility index (Phi) is 5.42. The minimum Gasteiger partial charge on any atom is -0.477 e. The monoisotopic (exact) mass is 385 g/mol. The van der Waals surface area contributed by atoms with Gasteiger partial charge in [0.2, 0.25) is 0 Å². The summed E-state index contributed by atoms with van der Waals surface area (Å²) in [5, 5.41) is 11.7. The number of aliphatic carboxylic acids is 1. The lowest BCUT2D eigenvalue weighted by Gasteiger charge is -2.05. The molecule has 2 aromatic carbocycles. The van der Waals surface area contributed by atoms with Crippen LogP contribution in [-0.4, -0.2) is 17.0 Å². The lowest BCUT2D eigenvalue weighted by molar-refractivity contribution is -0.132. The Morgan fingerprint density at radius 1 is 1.00 bits per heavy atom. The molecule has 0 spiro atoms. The molecule has 27 heavy (non-hydrogen) atoms. The maximum Gasteiger partial charge on any atom is 0.352 e. The first kappa shape index (κ1) is 18.5. The highest BCUT2D eigenvalue weighted by Crippen LogP contribution is 2.31. The lowest BCUT2D eigenvalue weighted by atomic mass is 10.1. The molecule has 0 saturated heterocycles.